The van der Waals surface area contributed by atoms with Crippen molar-refractivity contribution in [3.05, 3.63) is 93.6 Å². The molecule has 0 saturated heterocycles. The van der Waals surface area contributed by atoms with Gasteiger partial charge in [-0.3, -0.25) is 24.7 Å². The first-order chi connectivity index (χ1) is 22.3. The van der Waals surface area contributed by atoms with E-state index in [0.29, 0.717) is 99.9 Å². The average molecular weight is 623 g/mol. The van der Waals surface area contributed by atoms with Gasteiger partial charge in [-0.25, -0.2) is 14.4 Å². The normalized spacial score (nSPS) is 12.4. The van der Waals surface area contributed by atoms with Gasteiger partial charge in [0.05, 0.1) is 59.3 Å². The maximum atomic E-state index is 12.9. The number of esters is 3. The van der Waals surface area contributed by atoms with E-state index in [2.05, 4.69) is 0 Å². The molecule has 11 heteroatoms. The van der Waals surface area contributed by atoms with Crippen molar-refractivity contribution in [3.8, 4) is 22.8 Å². The summed E-state index contributed by atoms with van der Waals surface area (Å²) in [5.74, 6) is -1.49. The van der Waals surface area contributed by atoms with Crippen molar-refractivity contribution in [1.82, 2.24) is 19.9 Å². The van der Waals surface area contributed by atoms with Crippen LogP contribution in [0.4, 0.5) is 0 Å². The van der Waals surface area contributed by atoms with Crippen LogP contribution in [0.3, 0.4) is 0 Å². The van der Waals surface area contributed by atoms with Crippen LogP contribution >= 0.6 is 0 Å². The molecule has 11 nitrogen and oxygen atoms in total. The summed E-state index contributed by atoms with van der Waals surface area (Å²) in [5.41, 5.74) is 5.47. The van der Waals surface area contributed by atoms with Crippen molar-refractivity contribution in [2.24, 2.45) is 0 Å². The van der Waals surface area contributed by atoms with Crippen LogP contribution in [-0.2, 0) is 39.9 Å². The van der Waals surface area contributed by atoms with Gasteiger partial charge in [-0.1, -0.05) is 0 Å². The van der Waals surface area contributed by atoms with Gasteiger partial charge >= 0.3 is 17.9 Å². The highest BCUT2D eigenvalue weighted by Crippen LogP contribution is 2.25. The van der Waals surface area contributed by atoms with E-state index >= 15 is 0 Å². The molecular weight excluding hydrogens is 588 g/mol. The molecule has 4 aromatic rings. The van der Waals surface area contributed by atoms with E-state index in [1.807, 2.05) is 0 Å². The number of rotatable bonds is 7. The van der Waals surface area contributed by atoms with Crippen LogP contribution in [0.1, 0.15) is 91.4 Å². The number of carbonyl (C=O) groups is 4. The smallest absolute Gasteiger partial charge is 0.338 e. The lowest BCUT2D eigenvalue weighted by atomic mass is 10.0. The number of fused-ring (bicyclic) bond motifs is 10. The predicted molar refractivity (Wildman–Crippen MR) is 168 cm³/mol. The van der Waals surface area contributed by atoms with E-state index < -0.39 is 17.9 Å². The second-order valence-electron chi connectivity index (χ2n) is 10.6. The van der Waals surface area contributed by atoms with Gasteiger partial charge in [-0.2, -0.15) is 0 Å². The largest absolute Gasteiger partial charge is 0.462 e. The molecule has 0 amide bonds. The average Bonchev–Trinajstić information content (AvgIpc) is 3.06. The van der Waals surface area contributed by atoms with Crippen LogP contribution in [0.25, 0.3) is 22.8 Å². The first-order valence-electron chi connectivity index (χ1n) is 15.3. The van der Waals surface area contributed by atoms with Crippen molar-refractivity contribution in [2.45, 2.75) is 52.9 Å². The third-order valence-corrected chi connectivity index (χ3v) is 7.23. The van der Waals surface area contributed by atoms with Gasteiger partial charge < -0.3 is 14.2 Å². The summed E-state index contributed by atoms with van der Waals surface area (Å²) in [6.45, 7) is 5.82. The topological polar surface area (TPSA) is 148 Å². The van der Waals surface area contributed by atoms with Crippen LogP contribution in [0, 0.1) is 0 Å². The highest BCUT2D eigenvalue weighted by atomic mass is 16.5. The Morgan fingerprint density at radius 3 is 1.26 bits per heavy atom. The van der Waals surface area contributed by atoms with Crippen LogP contribution in [0.15, 0.2) is 48.5 Å². The van der Waals surface area contributed by atoms with Crippen LogP contribution in [-0.4, -0.2) is 64.0 Å². The van der Waals surface area contributed by atoms with Gasteiger partial charge in [0, 0.05) is 28.3 Å². The number of hydrogen-bond donors (Lipinski definition) is 0. The van der Waals surface area contributed by atoms with Crippen molar-refractivity contribution < 1.29 is 33.4 Å². The van der Waals surface area contributed by atoms with Crippen LogP contribution in [0.2, 0.25) is 0 Å². The fourth-order valence-electron chi connectivity index (χ4n) is 5.18. The van der Waals surface area contributed by atoms with Crippen molar-refractivity contribution >= 4 is 24.2 Å². The van der Waals surface area contributed by atoms with E-state index in [9.17, 15) is 19.2 Å². The lowest BCUT2D eigenvalue weighted by Gasteiger charge is -2.12. The summed E-state index contributed by atoms with van der Waals surface area (Å²) in [5, 5.41) is 0. The third kappa shape index (κ3) is 7.66. The van der Waals surface area contributed by atoms with E-state index in [0.717, 1.165) is 6.29 Å². The maximum Gasteiger partial charge on any atom is 0.338 e. The highest BCUT2D eigenvalue weighted by molar-refractivity contribution is 5.93. The molecule has 5 rings (SSSR count). The summed E-state index contributed by atoms with van der Waals surface area (Å²) < 4.78 is 15.8. The number of nitrogens with zero attached hydrogens (tertiary/aromatic N) is 4. The minimum atomic E-state index is -0.508. The van der Waals surface area contributed by atoms with E-state index in [4.69, 9.17) is 34.1 Å². The quantitative estimate of drug-likeness (QED) is 0.152. The van der Waals surface area contributed by atoms with Crippen molar-refractivity contribution in [3.63, 3.8) is 0 Å². The van der Waals surface area contributed by atoms with Gasteiger partial charge in [-0.05, 0) is 101 Å². The first kappa shape index (κ1) is 32.1. The SMILES string of the molecule is CCOC(=O)c1cc2nc(c1)-c1cc(C=O)cc(n1)CCc1cc(C(=O)OCC)cc(n1)-c1cc(C(=O)OCC)cc(n1)CCC2. The zero-order chi connectivity index (χ0) is 32.6. The number of pyridine rings is 4. The van der Waals surface area contributed by atoms with Gasteiger partial charge in [0.15, 0.2) is 0 Å². The molecule has 4 aromatic heterocycles. The number of aromatic nitrogens is 4. The van der Waals surface area contributed by atoms with E-state index in [1.54, 1.807) is 69.3 Å². The predicted octanol–water partition coefficient (Wildman–Crippen LogP) is 5.22. The molecule has 0 saturated carbocycles. The maximum absolute atomic E-state index is 12.9. The summed E-state index contributed by atoms with van der Waals surface area (Å²) in [6.07, 6.45) is 2.99. The Kier molecular flexibility index (Phi) is 10.2. The molecule has 0 aromatic carbocycles. The second kappa shape index (κ2) is 14.6. The fourth-order valence-corrected chi connectivity index (χ4v) is 5.18. The zero-order valence-corrected chi connectivity index (χ0v) is 26.0. The van der Waals surface area contributed by atoms with E-state index in [1.165, 1.54) is 0 Å². The molecule has 0 N–H and O–H groups in total. The Balaban J connectivity index is 1.67. The molecule has 1 aliphatic rings. The fraction of sp³-hybridized carbons (Fsp3) is 0.314. The summed E-state index contributed by atoms with van der Waals surface area (Å²) in [7, 11) is 0. The van der Waals surface area contributed by atoms with Crippen LogP contribution < -0.4 is 0 Å². The highest BCUT2D eigenvalue weighted by Gasteiger charge is 2.19. The monoisotopic (exact) mass is 622 g/mol. The molecule has 0 aliphatic carbocycles. The summed E-state index contributed by atoms with van der Waals surface area (Å²) in [4.78, 5) is 69.7. The number of aryl methyl sites for hydroxylation is 4. The Morgan fingerprint density at radius 2 is 0.891 bits per heavy atom. The minimum absolute atomic E-state index is 0.199. The lowest BCUT2D eigenvalue weighted by molar-refractivity contribution is 0.0516. The van der Waals surface area contributed by atoms with Gasteiger partial charge in [-0.15, -0.1) is 0 Å². The molecule has 0 spiro atoms. The number of carbonyl (C=O) groups excluding carboxylic acids is 4. The Morgan fingerprint density at radius 1 is 0.543 bits per heavy atom. The Labute approximate surface area is 266 Å². The zero-order valence-electron chi connectivity index (χ0n) is 26.0. The third-order valence-electron chi connectivity index (χ3n) is 7.23. The van der Waals surface area contributed by atoms with Gasteiger partial charge in [0.1, 0.15) is 6.29 Å². The number of ether oxygens (including phenoxy) is 3. The molecule has 0 radical (unpaired) electrons. The van der Waals surface area contributed by atoms with Gasteiger partial charge in [0.25, 0.3) is 0 Å². The Hall–Kier alpha value is -5.32. The number of hydrogen-bond acceptors (Lipinski definition) is 11. The minimum Gasteiger partial charge on any atom is -0.462 e. The lowest BCUT2D eigenvalue weighted by Crippen LogP contribution is -2.10. The molecule has 236 valence electrons. The summed E-state index contributed by atoms with van der Waals surface area (Å²) in [6, 6.07) is 13.2. The van der Waals surface area contributed by atoms with Crippen molar-refractivity contribution in [1.29, 1.82) is 0 Å². The molecule has 46 heavy (non-hydrogen) atoms. The molecule has 8 bridgehead atoms. The Bertz CT molecular complexity index is 1800. The standard InChI is InChI=1S/C35H34N4O7/c1-4-44-33(41)22-14-25-8-7-9-26-15-23(34(42)45-5-2)18-31(37-26)32-19-24(35(43)46-6-3)16-28(39-32)11-10-27-12-21(20-40)13-29(38-27)30(17-22)36-25/h12-20H,4-11H2,1-3H3. The molecule has 1 aliphatic heterocycles. The molecular formula is C35H34N4O7. The number of aldehydes is 1. The second-order valence-corrected chi connectivity index (χ2v) is 10.6. The molecule has 5 heterocycles. The van der Waals surface area contributed by atoms with E-state index in [-0.39, 0.29) is 19.8 Å². The van der Waals surface area contributed by atoms with Crippen molar-refractivity contribution in [2.75, 3.05) is 19.8 Å². The molecule has 0 unspecified atom stereocenters. The summed E-state index contributed by atoms with van der Waals surface area (Å²) >= 11 is 0. The molecule has 0 atom stereocenters. The molecule has 0 fully saturated rings. The van der Waals surface area contributed by atoms with Crippen LogP contribution in [0.5, 0.6) is 0 Å². The van der Waals surface area contributed by atoms with Gasteiger partial charge in [0.2, 0.25) is 0 Å². The first-order valence-corrected chi connectivity index (χ1v) is 15.3.